The van der Waals surface area contributed by atoms with Gasteiger partial charge in [0.25, 0.3) is 0 Å². The average Bonchev–Trinajstić information content (AvgIpc) is 2.84. The molecule has 0 saturated carbocycles. The molecule has 0 aliphatic rings. The van der Waals surface area contributed by atoms with Gasteiger partial charge in [0.2, 0.25) is 11.7 Å². The van der Waals surface area contributed by atoms with Gasteiger partial charge in [-0.1, -0.05) is 0 Å². The zero-order chi connectivity index (χ0) is 19.5. The Kier molecular flexibility index (Phi) is 5.48. The lowest BCUT2D eigenvalue weighted by atomic mass is 10.2. The first-order chi connectivity index (χ1) is 12.1. The summed E-state index contributed by atoms with van der Waals surface area (Å²) in [4.78, 5) is 35.2. The molecule has 0 unspecified atom stereocenters. The predicted molar refractivity (Wildman–Crippen MR) is 83.5 cm³/mol. The van der Waals surface area contributed by atoms with Crippen molar-refractivity contribution in [3.8, 4) is 0 Å². The Bertz CT molecular complexity index is 868. The number of amides is 1. The Morgan fingerprint density at radius 2 is 1.85 bits per heavy atom. The molecule has 8 nitrogen and oxygen atoms in total. The number of hydrogen-bond acceptors (Lipinski definition) is 5. The highest BCUT2D eigenvalue weighted by Crippen LogP contribution is 2.25. The first kappa shape index (κ1) is 19.2. The van der Waals surface area contributed by atoms with E-state index in [0.29, 0.717) is 14.9 Å². The lowest BCUT2D eigenvalue weighted by Crippen LogP contribution is -2.29. The van der Waals surface area contributed by atoms with Crippen LogP contribution < -0.4 is 11.0 Å². The summed E-state index contributed by atoms with van der Waals surface area (Å²) in [7, 11) is 0.917. The van der Waals surface area contributed by atoms with E-state index in [2.05, 4.69) is 10.4 Å². The number of aromatic nitrogens is 3. The molecule has 0 saturated heterocycles. The van der Waals surface area contributed by atoms with E-state index in [9.17, 15) is 27.6 Å². The molecule has 0 aliphatic heterocycles. The lowest BCUT2D eigenvalue weighted by Gasteiger charge is -2.06. The van der Waals surface area contributed by atoms with Gasteiger partial charge in [-0.25, -0.2) is 14.3 Å². The van der Waals surface area contributed by atoms with Gasteiger partial charge in [0.1, 0.15) is 6.54 Å². The number of ether oxygens (including phenoxy) is 1. The number of halogens is 3. The molecule has 1 aromatic carbocycles. The number of benzene rings is 1. The summed E-state index contributed by atoms with van der Waals surface area (Å²) in [5.41, 5.74) is -0.492. The molecule has 0 aliphatic carbocycles. The van der Waals surface area contributed by atoms with Gasteiger partial charge in [-0.3, -0.25) is 9.36 Å². The van der Waals surface area contributed by atoms with E-state index < -0.39 is 36.1 Å². The first-order valence-corrected chi connectivity index (χ1v) is 7.41. The molecule has 0 spiro atoms. The maximum atomic E-state index is 12.7. The van der Waals surface area contributed by atoms with Crippen LogP contribution in [0.25, 0.3) is 0 Å². The van der Waals surface area contributed by atoms with Crippen LogP contribution in [-0.2, 0) is 29.3 Å². The molecule has 0 fully saturated rings. The fraction of sp³-hybridized carbons (Fsp3) is 0.333. The second-order valence-electron chi connectivity index (χ2n) is 5.17. The monoisotopic (exact) mass is 372 g/mol. The molecule has 1 N–H and O–H groups in total. The number of nitrogens with zero attached hydrogens (tertiary/aromatic N) is 3. The van der Waals surface area contributed by atoms with Crippen molar-refractivity contribution >= 4 is 17.6 Å². The number of hydrogen-bond donors (Lipinski definition) is 1. The third-order valence-corrected chi connectivity index (χ3v) is 3.27. The molecule has 0 radical (unpaired) electrons. The van der Waals surface area contributed by atoms with Crippen LogP contribution in [0.5, 0.6) is 0 Å². The van der Waals surface area contributed by atoms with Crippen LogP contribution in [0.4, 0.5) is 18.9 Å². The molecule has 0 bridgehead atoms. The Labute approximate surface area is 145 Å². The summed E-state index contributed by atoms with van der Waals surface area (Å²) in [5.74, 6) is -2.66. The Morgan fingerprint density at radius 3 is 2.35 bits per heavy atom. The van der Waals surface area contributed by atoms with Crippen molar-refractivity contribution < 1.29 is 27.5 Å². The van der Waals surface area contributed by atoms with Crippen molar-refractivity contribution in [3.63, 3.8) is 0 Å². The largest absolute Gasteiger partial charge is 0.462 e. The smallest absolute Gasteiger partial charge is 0.451 e. The molecular weight excluding hydrogens is 357 g/mol. The molecule has 1 amide bonds. The SMILES string of the molecule is CCOC(=O)c1ccc(NC(=O)Cn2nc(C(F)(F)F)n(C)c2=O)cc1. The molecule has 2 aromatic rings. The van der Waals surface area contributed by atoms with E-state index in [1.54, 1.807) is 6.92 Å². The van der Waals surface area contributed by atoms with Gasteiger partial charge < -0.3 is 10.1 Å². The maximum Gasteiger partial charge on any atom is 0.451 e. The molecule has 1 aromatic heterocycles. The van der Waals surface area contributed by atoms with E-state index in [0.717, 1.165) is 7.05 Å². The van der Waals surface area contributed by atoms with Gasteiger partial charge in [-0.15, -0.1) is 5.10 Å². The molecule has 140 valence electrons. The molecule has 1 heterocycles. The Morgan fingerprint density at radius 1 is 1.23 bits per heavy atom. The normalized spacial score (nSPS) is 11.3. The van der Waals surface area contributed by atoms with Gasteiger partial charge in [0.05, 0.1) is 12.2 Å². The maximum absolute atomic E-state index is 12.7. The topological polar surface area (TPSA) is 95.2 Å². The Balaban J connectivity index is 2.08. The van der Waals surface area contributed by atoms with E-state index in [4.69, 9.17) is 4.74 Å². The van der Waals surface area contributed by atoms with Crippen molar-refractivity contribution in [2.24, 2.45) is 7.05 Å². The van der Waals surface area contributed by atoms with Crippen LogP contribution in [0.2, 0.25) is 0 Å². The van der Waals surface area contributed by atoms with Crippen molar-refractivity contribution in [1.29, 1.82) is 0 Å². The van der Waals surface area contributed by atoms with Gasteiger partial charge >= 0.3 is 17.8 Å². The average molecular weight is 372 g/mol. The number of anilines is 1. The molecule has 0 atom stereocenters. The second kappa shape index (κ2) is 7.42. The van der Waals surface area contributed by atoms with Crippen molar-refractivity contribution in [1.82, 2.24) is 14.3 Å². The number of carbonyl (C=O) groups excluding carboxylic acids is 2. The molecule has 26 heavy (non-hydrogen) atoms. The summed E-state index contributed by atoms with van der Waals surface area (Å²) >= 11 is 0. The minimum Gasteiger partial charge on any atom is -0.462 e. The minimum atomic E-state index is -4.81. The third-order valence-electron chi connectivity index (χ3n) is 3.27. The summed E-state index contributed by atoms with van der Waals surface area (Å²) in [6, 6.07) is 5.68. The fourth-order valence-corrected chi connectivity index (χ4v) is 2.08. The third kappa shape index (κ3) is 4.29. The van der Waals surface area contributed by atoms with Crippen LogP contribution in [-0.4, -0.2) is 32.8 Å². The van der Waals surface area contributed by atoms with Crippen LogP contribution in [0.15, 0.2) is 29.1 Å². The van der Waals surface area contributed by atoms with E-state index >= 15 is 0 Å². The van der Waals surface area contributed by atoms with Crippen LogP contribution in [0.1, 0.15) is 23.1 Å². The number of alkyl halides is 3. The van der Waals surface area contributed by atoms with E-state index in [1.807, 2.05) is 0 Å². The molecular formula is C15H15F3N4O4. The highest BCUT2D eigenvalue weighted by Gasteiger charge is 2.38. The molecule has 11 heteroatoms. The lowest BCUT2D eigenvalue weighted by molar-refractivity contribution is -0.147. The van der Waals surface area contributed by atoms with Crippen LogP contribution in [0, 0.1) is 0 Å². The fourth-order valence-electron chi connectivity index (χ4n) is 2.08. The number of esters is 1. The van der Waals surface area contributed by atoms with E-state index in [1.165, 1.54) is 24.3 Å². The molecule has 2 rings (SSSR count). The number of nitrogens with one attached hydrogen (secondary N) is 1. The zero-order valence-corrected chi connectivity index (χ0v) is 13.8. The van der Waals surface area contributed by atoms with Gasteiger partial charge in [-0.05, 0) is 31.2 Å². The van der Waals surface area contributed by atoms with Crippen LogP contribution in [0.3, 0.4) is 0 Å². The summed E-state index contributed by atoms with van der Waals surface area (Å²) in [6.45, 7) is 1.19. The zero-order valence-electron chi connectivity index (χ0n) is 13.8. The summed E-state index contributed by atoms with van der Waals surface area (Å²) < 4.78 is 43.7. The quantitative estimate of drug-likeness (QED) is 0.801. The van der Waals surface area contributed by atoms with Crippen LogP contribution >= 0.6 is 0 Å². The number of rotatable bonds is 5. The number of carbonyl (C=O) groups is 2. The van der Waals surface area contributed by atoms with E-state index in [-0.39, 0.29) is 12.2 Å². The van der Waals surface area contributed by atoms with Gasteiger partial charge in [0.15, 0.2) is 0 Å². The van der Waals surface area contributed by atoms with Gasteiger partial charge in [-0.2, -0.15) is 13.2 Å². The van der Waals surface area contributed by atoms with Gasteiger partial charge in [0, 0.05) is 12.7 Å². The highest BCUT2D eigenvalue weighted by molar-refractivity contribution is 5.92. The first-order valence-electron chi connectivity index (χ1n) is 7.41. The van der Waals surface area contributed by atoms with Crippen molar-refractivity contribution in [2.45, 2.75) is 19.6 Å². The summed E-state index contributed by atoms with van der Waals surface area (Å²) in [6.07, 6.45) is -4.81. The Hall–Kier alpha value is -3.11. The standard InChI is InChI=1S/C15H15F3N4O4/c1-3-26-12(24)9-4-6-10(7-5-9)19-11(23)8-22-14(25)21(2)13(20-22)15(16,17)18/h4-7H,3,8H2,1-2H3,(H,19,23). The van der Waals surface area contributed by atoms with Crippen molar-refractivity contribution in [2.75, 3.05) is 11.9 Å². The predicted octanol–water partition coefficient (Wildman–Crippen LogP) is 1.42. The summed E-state index contributed by atoms with van der Waals surface area (Å²) in [5, 5.41) is 5.54. The minimum absolute atomic E-state index is 0.218. The highest BCUT2D eigenvalue weighted by atomic mass is 19.4. The van der Waals surface area contributed by atoms with Crippen molar-refractivity contribution in [3.05, 3.63) is 46.1 Å². The second-order valence-corrected chi connectivity index (χ2v) is 5.17.